The fraction of sp³-hybridized carbons (Fsp3) is 0.200. The molecule has 0 aromatic heterocycles. The number of allylic oxidation sites excluding steroid dienone is 23. The highest BCUT2D eigenvalue weighted by atomic mass is 14.2. The Morgan fingerprint density at radius 1 is 0.306 bits per heavy atom. The van der Waals surface area contributed by atoms with Gasteiger partial charge in [-0.1, -0.05) is 350 Å². The lowest BCUT2D eigenvalue weighted by molar-refractivity contribution is 0.799. The highest BCUT2D eigenvalue weighted by Gasteiger charge is 2.15. The van der Waals surface area contributed by atoms with Gasteiger partial charge < -0.3 is 0 Å². The molecule has 0 radical (unpaired) electrons. The largest absolute Gasteiger partial charge is 0.0763 e. The van der Waals surface area contributed by atoms with Crippen LogP contribution in [0.25, 0.3) is 22.3 Å². The lowest BCUT2D eigenvalue weighted by Crippen LogP contribution is -1.90. The van der Waals surface area contributed by atoms with E-state index >= 15 is 0 Å². The highest BCUT2D eigenvalue weighted by molar-refractivity contribution is 5.88. The predicted molar refractivity (Wildman–Crippen MR) is 372 cm³/mol. The summed E-state index contributed by atoms with van der Waals surface area (Å²) >= 11 is 0. The Hall–Kier alpha value is -8.84. The quantitative estimate of drug-likeness (QED) is 0.0905. The van der Waals surface area contributed by atoms with Crippen molar-refractivity contribution in [3.05, 3.63) is 380 Å². The Bertz CT molecular complexity index is 3510. The summed E-state index contributed by atoms with van der Waals surface area (Å²) in [4.78, 5) is 0. The molecule has 428 valence electrons. The lowest BCUT2D eigenvalue weighted by atomic mass is 9.93. The molecule has 0 saturated heterocycles. The Kier molecular flexibility index (Phi) is 24.9. The van der Waals surface area contributed by atoms with Crippen LogP contribution >= 0.6 is 0 Å². The summed E-state index contributed by atoms with van der Waals surface area (Å²) in [7, 11) is 0. The molecule has 0 spiro atoms. The monoisotopic (exact) mass is 1110 g/mol. The second-order valence-electron chi connectivity index (χ2n) is 22.3. The SMILES string of the molecule is C1=CC(=C(c2ccccc2)c2ccccc2)C=C1.CCCC1=CC(=C(c2ccccc2)c2ccccc2)C=C1.CCCC1=CCc2ccccc21.CCCCC1=CC(=C(C)C)C=C1.CCCCC1=CC(=C(c2ccccc2)c2ccccc2)C=C1. The molecule has 0 saturated carbocycles. The van der Waals surface area contributed by atoms with E-state index in [0.717, 1.165) is 12.8 Å². The van der Waals surface area contributed by atoms with E-state index in [4.69, 9.17) is 0 Å². The molecule has 7 aromatic rings. The number of hydrogen-bond acceptors (Lipinski definition) is 0. The fourth-order valence-electron chi connectivity index (χ4n) is 11.1. The van der Waals surface area contributed by atoms with Crippen LogP contribution in [-0.4, -0.2) is 0 Å². The van der Waals surface area contributed by atoms with Gasteiger partial charge in [-0.25, -0.2) is 0 Å². The molecule has 0 atom stereocenters. The van der Waals surface area contributed by atoms with Crippen LogP contribution in [0.1, 0.15) is 150 Å². The average molecular weight is 1110 g/mol. The molecular weight excluding hydrogens is 1020 g/mol. The first-order valence-corrected chi connectivity index (χ1v) is 31.4. The molecule has 0 N–H and O–H groups in total. The van der Waals surface area contributed by atoms with Crippen LogP contribution in [0.5, 0.6) is 0 Å². The summed E-state index contributed by atoms with van der Waals surface area (Å²) < 4.78 is 0. The third-order valence-electron chi connectivity index (χ3n) is 15.6. The van der Waals surface area contributed by atoms with Gasteiger partial charge in [0.25, 0.3) is 0 Å². The average Bonchev–Trinajstić information content (AvgIpc) is 4.60. The predicted octanol–water partition coefficient (Wildman–Crippen LogP) is 24.0. The van der Waals surface area contributed by atoms with Crippen molar-refractivity contribution in [2.75, 3.05) is 0 Å². The van der Waals surface area contributed by atoms with E-state index in [1.165, 1.54) is 164 Å². The van der Waals surface area contributed by atoms with Gasteiger partial charge in [-0.05, 0) is 165 Å². The normalized spacial score (nSPS) is 13.7. The van der Waals surface area contributed by atoms with Crippen molar-refractivity contribution >= 4 is 22.3 Å². The fourth-order valence-corrected chi connectivity index (χ4v) is 11.1. The molecule has 85 heavy (non-hydrogen) atoms. The van der Waals surface area contributed by atoms with Crippen LogP contribution in [0, 0.1) is 0 Å². The van der Waals surface area contributed by atoms with Crippen molar-refractivity contribution in [2.45, 2.75) is 112 Å². The Balaban J connectivity index is 0.000000141. The molecule has 0 fully saturated rings. The standard InChI is InChI=1S/C22H22.C21H20.C18H14.C12H14.C12H18/c1-2-3-10-18-15-16-21(17-18)22(19-11-6-4-7-12-19)20-13-8-5-9-14-20;1-2-9-17-14-15-20(16-17)21(18-10-5-3-6-11-18)19-12-7-4-8-13-19;1-3-9-15(10-4-1)18(17-13-7-8-14-17)16-11-5-2-6-12-16;1-2-5-10-8-9-11-6-3-4-7-12(10)11;1-4-5-6-11-7-8-12(9-11)10(2)3/h4-9,11-17H,2-3,10H2,1H3;3-8,10-16H,2,9H2,1H3;1-14H;3-4,6-8H,2,5,9H2,1H3;7-9H,4-6H2,1-3H3. The first kappa shape index (κ1) is 62.2. The van der Waals surface area contributed by atoms with Gasteiger partial charge in [0.15, 0.2) is 0 Å². The summed E-state index contributed by atoms with van der Waals surface area (Å²) in [6.45, 7) is 13.3. The third kappa shape index (κ3) is 18.6. The first-order valence-electron chi connectivity index (χ1n) is 31.4. The number of benzene rings is 7. The molecule has 0 aliphatic heterocycles. The van der Waals surface area contributed by atoms with Gasteiger partial charge in [-0.15, -0.1) is 0 Å². The van der Waals surface area contributed by atoms with Crippen molar-refractivity contribution in [1.29, 1.82) is 0 Å². The zero-order valence-corrected chi connectivity index (χ0v) is 51.5. The molecule has 0 heterocycles. The van der Waals surface area contributed by atoms with Crippen LogP contribution in [0.15, 0.2) is 336 Å². The van der Waals surface area contributed by atoms with Crippen LogP contribution in [0.4, 0.5) is 0 Å². The van der Waals surface area contributed by atoms with Gasteiger partial charge in [0.05, 0.1) is 0 Å². The summed E-state index contributed by atoms with van der Waals surface area (Å²) in [5, 5.41) is 0. The van der Waals surface area contributed by atoms with Crippen molar-refractivity contribution in [3.63, 3.8) is 0 Å². The molecular formula is C85H88. The van der Waals surface area contributed by atoms with Crippen molar-refractivity contribution in [1.82, 2.24) is 0 Å². The molecule has 5 aliphatic carbocycles. The van der Waals surface area contributed by atoms with Gasteiger partial charge in [0.2, 0.25) is 0 Å². The van der Waals surface area contributed by atoms with Crippen LogP contribution in [-0.2, 0) is 6.42 Å². The molecule has 12 rings (SSSR count). The van der Waals surface area contributed by atoms with Crippen molar-refractivity contribution in [2.24, 2.45) is 0 Å². The van der Waals surface area contributed by atoms with E-state index in [9.17, 15) is 0 Å². The molecule has 0 heteroatoms. The number of unbranched alkanes of at least 4 members (excludes halogenated alkanes) is 2. The maximum absolute atomic E-state index is 2.37. The van der Waals surface area contributed by atoms with Crippen molar-refractivity contribution < 1.29 is 0 Å². The van der Waals surface area contributed by atoms with Gasteiger partial charge in [0.1, 0.15) is 0 Å². The Morgan fingerprint density at radius 3 is 0.988 bits per heavy atom. The van der Waals surface area contributed by atoms with Gasteiger partial charge >= 0.3 is 0 Å². The van der Waals surface area contributed by atoms with Crippen molar-refractivity contribution in [3.8, 4) is 0 Å². The minimum absolute atomic E-state index is 1.14. The second kappa shape index (κ2) is 34.1. The highest BCUT2D eigenvalue weighted by Crippen LogP contribution is 2.35. The molecule has 0 unspecified atom stereocenters. The number of rotatable bonds is 16. The molecule has 0 nitrogen and oxygen atoms in total. The summed E-state index contributed by atoms with van der Waals surface area (Å²) in [5.74, 6) is 0. The maximum atomic E-state index is 2.37. The third-order valence-corrected chi connectivity index (χ3v) is 15.6. The van der Waals surface area contributed by atoms with Gasteiger partial charge in [-0.2, -0.15) is 0 Å². The van der Waals surface area contributed by atoms with E-state index in [2.05, 4.69) is 333 Å². The van der Waals surface area contributed by atoms with E-state index < -0.39 is 0 Å². The first-order chi connectivity index (χ1) is 41.9. The van der Waals surface area contributed by atoms with Crippen LogP contribution in [0.3, 0.4) is 0 Å². The Morgan fingerprint density at radius 2 is 0.635 bits per heavy atom. The van der Waals surface area contributed by atoms with Crippen LogP contribution < -0.4 is 0 Å². The van der Waals surface area contributed by atoms with Gasteiger partial charge in [0, 0.05) is 0 Å². The van der Waals surface area contributed by atoms with E-state index in [1.807, 2.05) is 0 Å². The number of hydrogen-bond donors (Lipinski definition) is 0. The minimum Gasteiger partial charge on any atom is -0.0763 e. The van der Waals surface area contributed by atoms with E-state index in [-0.39, 0.29) is 0 Å². The lowest BCUT2D eigenvalue weighted by Gasteiger charge is -2.11. The summed E-state index contributed by atoms with van der Waals surface area (Å²) in [6.07, 6.45) is 44.9. The molecule has 5 aliphatic rings. The van der Waals surface area contributed by atoms with Crippen LogP contribution in [0.2, 0.25) is 0 Å². The topological polar surface area (TPSA) is 0 Å². The minimum atomic E-state index is 1.14. The maximum Gasteiger partial charge on any atom is -0.00388 e. The van der Waals surface area contributed by atoms with E-state index in [1.54, 1.807) is 5.57 Å². The summed E-state index contributed by atoms with van der Waals surface area (Å²) in [5.41, 5.74) is 27.2. The smallest absolute Gasteiger partial charge is 0.00388 e. The van der Waals surface area contributed by atoms with Gasteiger partial charge in [-0.3, -0.25) is 0 Å². The molecule has 0 amide bonds. The number of fused-ring (bicyclic) bond motifs is 1. The van der Waals surface area contributed by atoms with E-state index in [0.29, 0.717) is 0 Å². The second-order valence-corrected chi connectivity index (χ2v) is 22.3. The molecule has 0 bridgehead atoms. The molecule has 7 aromatic carbocycles. The zero-order chi connectivity index (χ0) is 59.3. The zero-order valence-electron chi connectivity index (χ0n) is 51.5. The summed E-state index contributed by atoms with van der Waals surface area (Å²) in [6, 6.07) is 72.5. The Labute approximate surface area is 511 Å².